The Balaban J connectivity index is 2.49. The molecule has 0 bridgehead atoms. The van der Waals surface area contributed by atoms with Gasteiger partial charge in [0.1, 0.15) is 4.90 Å². The molecule has 0 aliphatic rings. The smallest absolute Gasteiger partial charge is 0.243 e. The summed E-state index contributed by atoms with van der Waals surface area (Å²) in [6.45, 7) is 4.68. The highest BCUT2D eigenvalue weighted by Crippen LogP contribution is 2.18. The number of rotatable bonds is 7. The van der Waals surface area contributed by atoms with Gasteiger partial charge < -0.3 is 4.74 Å². The van der Waals surface area contributed by atoms with Gasteiger partial charge in [0.05, 0.1) is 11.1 Å². The summed E-state index contributed by atoms with van der Waals surface area (Å²) in [5.74, 6) is 0. The van der Waals surface area contributed by atoms with Gasteiger partial charge in [-0.05, 0) is 26.3 Å². The molecular weight excluding hydrogens is 276 g/mol. The fraction of sp³-hybridized carbons (Fsp3) is 0.545. The van der Waals surface area contributed by atoms with E-state index in [0.29, 0.717) is 19.6 Å². The summed E-state index contributed by atoms with van der Waals surface area (Å²) < 4.78 is 31.5. The van der Waals surface area contributed by atoms with Gasteiger partial charge in [0, 0.05) is 25.5 Å². The molecule has 1 N–H and O–H groups in total. The van der Waals surface area contributed by atoms with Crippen molar-refractivity contribution < 1.29 is 13.2 Å². The van der Waals surface area contributed by atoms with E-state index in [1.165, 1.54) is 18.5 Å². The van der Waals surface area contributed by atoms with Crippen LogP contribution in [0.5, 0.6) is 0 Å². The van der Waals surface area contributed by atoms with E-state index >= 15 is 0 Å². The number of nitrogens with zero attached hydrogens (tertiary/aromatic N) is 1. The predicted molar refractivity (Wildman–Crippen MR) is 70.1 cm³/mol. The second-order valence-corrected chi connectivity index (χ2v) is 6.12. The Morgan fingerprint density at radius 1 is 1.50 bits per heavy atom. The van der Waals surface area contributed by atoms with Crippen molar-refractivity contribution >= 4 is 21.6 Å². The minimum absolute atomic E-state index is 0.00329. The van der Waals surface area contributed by atoms with Crippen molar-refractivity contribution in [3.05, 3.63) is 23.5 Å². The zero-order valence-electron chi connectivity index (χ0n) is 10.4. The third-order valence-corrected chi connectivity index (χ3v) is 4.02. The number of ether oxygens (including phenoxy) is 1. The maximum Gasteiger partial charge on any atom is 0.243 e. The van der Waals surface area contributed by atoms with E-state index in [9.17, 15) is 8.42 Å². The summed E-state index contributed by atoms with van der Waals surface area (Å²) in [6.07, 6.45) is 3.43. The molecule has 7 heteroatoms. The molecule has 1 aromatic rings. The maximum atomic E-state index is 11.9. The van der Waals surface area contributed by atoms with E-state index in [1.54, 1.807) is 0 Å². The standard InChI is InChI=1S/C11H17ClN2O3S/c1-9(2)17-7-3-5-14-18(15,16)11-8-13-6-4-10(11)12/h4,6,8-9,14H,3,5,7H2,1-2H3. The van der Waals surface area contributed by atoms with Gasteiger partial charge in [-0.1, -0.05) is 11.6 Å². The Morgan fingerprint density at radius 2 is 2.22 bits per heavy atom. The van der Waals surface area contributed by atoms with Crippen LogP contribution >= 0.6 is 11.6 Å². The zero-order chi connectivity index (χ0) is 13.6. The van der Waals surface area contributed by atoms with Gasteiger partial charge in [-0.15, -0.1) is 0 Å². The minimum Gasteiger partial charge on any atom is -0.379 e. The molecule has 1 rings (SSSR count). The molecule has 18 heavy (non-hydrogen) atoms. The van der Waals surface area contributed by atoms with Crippen molar-refractivity contribution in [3.8, 4) is 0 Å². The summed E-state index contributed by atoms with van der Waals surface area (Å²) >= 11 is 5.81. The summed E-state index contributed by atoms with van der Waals surface area (Å²) in [5, 5.41) is 0.163. The fourth-order valence-corrected chi connectivity index (χ4v) is 2.74. The van der Waals surface area contributed by atoms with Gasteiger partial charge in [-0.25, -0.2) is 13.1 Å². The summed E-state index contributed by atoms with van der Waals surface area (Å²) in [6, 6.07) is 1.44. The lowest BCUT2D eigenvalue weighted by atomic mass is 10.4. The van der Waals surface area contributed by atoms with Gasteiger partial charge in [-0.2, -0.15) is 0 Å². The van der Waals surface area contributed by atoms with E-state index in [2.05, 4.69) is 9.71 Å². The zero-order valence-corrected chi connectivity index (χ0v) is 12.0. The van der Waals surface area contributed by atoms with Gasteiger partial charge >= 0.3 is 0 Å². The van der Waals surface area contributed by atoms with Crippen LogP contribution in [0.3, 0.4) is 0 Å². The normalized spacial score (nSPS) is 12.0. The third kappa shape index (κ3) is 4.89. The minimum atomic E-state index is -3.59. The molecule has 0 unspecified atom stereocenters. The SMILES string of the molecule is CC(C)OCCCNS(=O)(=O)c1cnccc1Cl. The lowest BCUT2D eigenvalue weighted by molar-refractivity contribution is 0.0778. The molecule has 0 spiro atoms. The van der Waals surface area contributed by atoms with E-state index in [1.807, 2.05) is 13.8 Å². The van der Waals surface area contributed by atoms with Gasteiger partial charge in [-0.3, -0.25) is 4.98 Å². The molecule has 0 radical (unpaired) electrons. The van der Waals surface area contributed by atoms with Gasteiger partial charge in [0.15, 0.2) is 0 Å². The van der Waals surface area contributed by atoms with Crippen LogP contribution in [0.15, 0.2) is 23.4 Å². The highest BCUT2D eigenvalue weighted by Gasteiger charge is 2.16. The second kappa shape index (κ2) is 7.04. The number of aromatic nitrogens is 1. The van der Waals surface area contributed by atoms with Crippen molar-refractivity contribution in [2.75, 3.05) is 13.2 Å². The monoisotopic (exact) mass is 292 g/mol. The highest BCUT2D eigenvalue weighted by molar-refractivity contribution is 7.89. The first kappa shape index (κ1) is 15.4. The van der Waals surface area contributed by atoms with E-state index in [0.717, 1.165) is 0 Å². The fourth-order valence-electron chi connectivity index (χ4n) is 1.24. The average molecular weight is 293 g/mol. The van der Waals surface area contributed by atoms with Gasteiger partial charge in [0.25, 0.3) is 0 Å². The largest absolute Gasteiger partial charge is 0.379 e. The average Bonchev–Trinajstić information content (AvgIpc) is 2.28. The molecule has 0 aliphatic carbocycles. The van der Waals surface area contributed by atoms with Crippen molar-refractivity contribution in [2.24, 2.45) is 0 Å². The first-order valence-corrected chi connectivity index (χ1v) is 7.50. The van der Waals surface area contributed by atoms with Crippen molar-refractivity contribution in [1.29, 1.82) is 0 Å². The second-order valence-electron chi connectivity index (χ2n) is 3.98. The lowest BCUT2D eigenvalue weighted by Gasteiger charge is -2.09. The number of nitrogens with one attached hydrogen (secondary N) is 1. The summed E-state index contributed by atoms with van der Waals surface area (Å²) in [7, 11) is -3.59. The molecule has 0 aromatic carbocycles. The molecule has 102 valence electrons. The molecule has 0 aliphatic heterocycles. The van der Waals surface area contributed by atoms with E-state index in [-0.39, 0.29) is 16.0 Å². The van der Waals surface area contributed by atoms with Crippen molar-refractivity contribution in [2.45, 2.75) is 31.3 Å². The summed E-state index contributed by atoms with van der Waals surface area (Å²) in [4.78, 5) is 3.75. The molecule has 1 heterocycles. The molecule has 0 saturated heterocycles. The van der Waals surface area contributed by atoms with Crippen LogP contribution in [0.4, 0.5) is 0 Å². The molecule has 0 amide bonds. The van der Waals surface area contributed by atoms with Crippen LogP contribution in [0, 0.1) is 0 Å². The molecule has 5 nitrogen and oxygen atoms in total. The van der Waals surface area contributed by atoms with Crippen molar-refractivity contribution in [3.63, 3.8) is 0 Å². The molecule has 0 atom stereocenters. The van der Waals surface area contributed by atoms with Crippen LogP contribution in [-0.2, 0) is 14.8 Å². The topological polar surface area (TPSA) is 68.3 Å². The van der Waals surface area contributed by atoms with Crippen molar-refractivity contribution in [1.82, 2.24) is 9.71 Å². The van der Waals surface area contributed by atoms with E-state index < -0.39 is 10.0 Å². The third-order valence-electron chi connectivity index (χ3n) is 2.09. The van der Waals surface area contributed by atoms with Crippen LogP contribution in [0.1, 0.15) is 20.3 Å². The Labute approximate surface area is 113 Å². The number of hydrogen-bond acceptors (Lipinski definition) is 4. The molecule has 0 saturated carbocycles. The maximum absolute atomic E-state index is 11.9. The van der Waals surface area contributed by atoms with E-state index in [4.69, 9.17) is 16.3 Å². The van der Waals surface area contributed by atoms with Gasteiger partial charge in [0.2, 0.25) is 10.0 Å². The van der Waals surface area contributed by atoms with Crippen LogP contribution in [0.25, 0.3) is 0 Å². The number of sulfonamides is 1. The summed E-state index contributed by atoms with van der Waals surface area (Å²) in [5.41, 5.74) is 0. The quantitative estimate of drug-likeness (QED) is 0.779. The number of halogens is 1. The molecular formula is C11H17ClN2O3S. The first-order valence-electron chi connectivity index (χ1n) is 5.64. The Bertz CT molecular complexity index is 477. The predicted octanol–water partition coefficient (Wildman–Crippen LogP) is 1.83. The highest BCUT2D eigenvalue weighted by atomic mass is 35.5. The lowest BCUT2D eigenvalue weighted by Crippen LogP contribution is -2.26. The Morgan fingerprint density at radius 3 is 2.83 bits per heavy atom. The van der Waals surface area contributed by atoms with Crippen LogP contribution in [0.2, 0.25) is 5.02 Å². The Kier molecular flexibility index (Phi) is 6.01. The molecule has 1 aromatic heterocycles. The molecule has 0 fully saturated rings. The first-order chi connectivity index (χ1) is 8.43. The Hall–Kier alpha value is -0.690. The van der Waals surface area contributed by atoms with Crippen LogP contribution in [-0.4, -0.2) is 32.7 Å². The number of pyridine rings is 1. The number of hydrogen-bond donors (Lipinski definition) is 1. The van der Waals surface area contributed by atoms with Crippen LogP contribution < -0.4 is 4.72 Å².